The van der Waals surface area contributed by atoms with Crippen LogP contribution in [0.3, 0.4) is 0 Å². The molecule has 2 aromatic rings. The molecule has 0 atom stereocenters. The maximum atomic E-state index is 4.47. The van der Waals surface area contributed by atoms with Gasteiger partial charge in [0, 0.05) is 27.4 Å². The first-order chi connectivity index (χ1) is 13.2. The maximum absolute atomic E-state index is 4.47. The molecular weight excluding hydrogens is 447 g/mol. The smallest absolute Gasteiger partial charge is 0.0733 e. The Morgan fingerprint density at radius 2 is 1.67 bits per heavy atom. The summed E-state index contributed by atoms with van der Waals surface area (Å²) in [5.74, 6) is 0. The van der Waals surface area contributed by atoms with Crippen molar-refractivity contribution in [2.45, 2.75) is 46.0 Å². The zero-order valence-corrected chi connectivity index (χ0v) is 19.1. The molecule has 0 aliphatic rings. The predicted octanol–water partition coefficient (Wildman–Crippen LogP) is 5.13. The van der Waals surface area contributed by atoms with E-state index in [9.17, 15) is 0 Å². The molecule has 150 valence electrons. The third-order valence-corrected chi connectivity index (χ3v) is 5.69. The van der Waals surface area contributed by atoms with Crippen LogP contribution in [0.2, 0.25) is 0 Å². The lowest BCUT2D eigenvalue weighted by atomic mass is 10.1. The first kappa shape index (κ1) is 22.4. The number of pyridine rings is 1. The molecule has 0 spiro atoms. The zero-order chi connectivity index (χ0) is 19.3. The topological polar surface area (TPSA) is 40.2 Å². The van der Waals surface area contributed by atoms with E-state index in [1.807, 2.05) is 6.20 Å². The molecule has 0 saturated carbocycles. The SMILES string of the molecule is CCN(CC)CCCNCCCCCCNc1ccnc2cc(I)ccc12. The second kappa shape index (κ2) is 13.3. The van der Waals surface area contributed by atoms with Crippen LogP contribution in [-0.2, 0) is 0 Å². The van der Waals surface area contributed by atoms with E-state index < -0.39 is 0 Å². The fourth-order valence-corrected chi connectivity index (χ4v) is 3.79. The molecule has 0 bridgehead atoms. The Balaban J connectivity index is 1.51. The number of aromatic nitrogens is 1. The van der Waals surface area contributed by atoms with E-state index in [1.54, 1.807) is 0 Å². The molecule has 1 heterocycles. The minimum atomic E-state index is 1.03. The third-order valence-electron chi connectivity index (χ3n) is 5.02. The first-order valence-electron chi connectivity index (χ1n) is 10.5. The molecule has 1 aromatic carbocycles. The Bertz CT molecular complexity index is 658. The van der Waals surface area contributed by atoms with Crippen LogP contribution in [0, 0.1) is 3.57 Å². The Morgan fingerprint density at radius 3 is 2.44 bits per heavy atom. The summed E-state index contributed by atoms with van der Waals surface area (Å²) in [6.07, 6.45) is 8.24. The molecule has 0 fully saturated rings. The summed E-state index contributed by atoms with van der Waals surface area (Å²) in [6, 6.07) is 8.52. The molecule has 0 aliphatic carbocycles. The normalized spacial score (nSPS) is 11.4. The van der Waals surface area contributed by atoms with Gasteiger partial charge in [-0.2, -0.15) is 0 Å². The van der Waals surface area contributed by atoms with Crippen molar-refractivity contribution in [1.29, 1.82) is 0 Å². The second-order valence-corrected chi connectivity index (χ2v) is 8.24. The van der Waals surface area contributed by atoms with Gasteiger partial charge in [-0.25, -0.2) is 0 Å². The van der Waals surface area contributed by atoms with Crippen LogP contribution in [0.15, 0.2) is 30.5 Å². The molecule has 0 aliphatic heterocycles. The van der Waals surface area contributed by atoms with Gasteiger partial charge in [0.2, 0.25) is 0 Å². The van der Waals surface area contributed by atoms with Crippen molar-refractivity contribution in [3.63, 3.8) is 0 Å². The van der Waals surface area contributed by atoms with Gasteiger partial charge >= 0.3 is 0 Å². The summed E-state index contributed by atoms with van der Waals surface area (Å²) in [4.78, 5) is 6.95. The van der Waals surface area contributed by atoms with Gasteiger partial charge in [0.1, 0.15) is 0 Å². The summed E-state index contributed by atoms with van der Waals surface area (Å²) in [7, 11) is 0. The second-order valence-electron chi connectivity index (χ2n) is 6.99. The fourth-order valence-electron chi connectivity index (χ4n) is 3.32. The van der Waals surface area contributed by atoms with Crippen LogP contribution in [0.1, 0.15) is 46.0 Å². The van der Waals surface area contributed by atoms with Crippen LogP contribution >= 0.6 is 22.6 Å². The highest BCUT2D eigenvalue weighted by Gasteiger charge is 2.02. The van der Waals surface area contributed by atoms with Crippen LogP contribution in [0.25, 0.3) is 10.9 Å². The van der Waals surface area contributed by atoms with E-state index in [0.717, 1.165) is 25.2 Å². The summed E-state index contributed by atoms with van der Waals surface area (Å²) in [5, 5.41) is 8.38. The fraction of sp³-hybridized carbons (Fsp3) is 0.591. The number of nitrogens with one attached hydrogen (secondary N) is 2. The van der Waals surface area contributed by atoms with Gasteiger partial charge < -0.3 is 15.5 Å². The summed E-state index contributed by atoms with van der Waals surface area (Å²) >= 11 is 2.34. The van der Waals surface area contributed by atoms with E-state index in [-0.39, 0.29) is 0 Å². The number of fused-ring (bicyclic) bond motifs is 1. The van der Waals surface area contributed by atoms with E-state index >= 15 is 0 Å². The van der Waals surface area contributed by atoms with Gasteiger partial charge in [-0.15, -0.1) is 0 Å². The van der Waals surface area contributed by atoms with E-state index in [4.69, 9.17) is 0 Å². The average Bonchev–Trinajstić information content (AvgIpc) is 2.68. The Labute approximate surface area is 178 Å². The number of halogens is 1. The lowest BCUT2D eigenvalue weighted by Gasteiger charge is -2.17. The zero-order valence-electron chi connectivity index (χ0n) is 16.9. The van der Waals surface area contributed by atoms with Crippen molar-refractivity contribution in [1.82, 2.24) is 15.2 Å². The Hall–Kier alpha value is -0.920. The number of anilines is 1. The maximum Gasteiger partial charge on any atom is 0.0733 e. The van der Waals surface area contributed by atoms with Crippen LogP contribution in [0.4, 0.5) is 5.69 Å². The molecule has 0 saturated heterocycles. The van der Waals surface area contributed by atoms with E-state index in [0.29, 0.717) is 0 Å². The van der Waals surface area contributed by atoms with Gasteiger partial charge in [-0.1, -0.05) is 26.7 Å². The monoisotopic (exact) mass is 482 g/mol. The standard InChI is InChI=1S/C22H35IN4/c1-3-27(4-2)17-9-14-24-13-7-5-6-8-15-25-21-12-16-26-22-18-19(23)10-11-20(21)22/h10-12,16,18,24H,3-9,13-15,17H2,1-2H3,(H,25,26). The number of rotatable bonds is 14. The van der Waals surface area contributed by atoms with Crippen molar-refractivity contribution in [3.05, 3.63) is 34.0 Å². The molecule has 0 radical (unpaired) electrons. The van der Waals surface area contributed by atoms with E-state index in [2.05, 4.69) is 81.2 Å². The van der Waals surface area contributed by atoms with Crippen molar-refractivity contribution in [3.8, 4) is 0 Å². The molecule has 1 aromatic heterocycles. The van der Waals surface area contributed by atoms with Crippen molar-refractivity contribution < 1.29 is 0 Å². The highest BCUT2D eigenvalue weighted by molar-refractivity contribution is 14.1. The van der Waals surface area contributed by atoms with Gasteiger partial charge in [0.25, 0.3) is 0 Å². The average molecular weight is 482 g/mol. The van der Waals surface area contributed by atoms with Gasteiger partial charge in [-0.3, -0.25) is 4.98 Å². The largest absolute Gasteiger partial charge is 0.384 e. The summed E-state index contributed by atoms with van der Waals surface area (Å²) < 4.78 is 1.23. The minimum absolute atomic E-state index is 1.03. The number of nitrogens with zero attached hydrogens (tertiary/aromatic N) is 2. The lowest BCUT2D eigenvalue weighted by molar-refractivity contribution is 0.298. The lowest BCUT2D eigenvalue weighted by Crippen LogP contribution is -2.27. The number of unbranched alkanes of at least 4 members (excludes halogenated alkanes) is 3. The highest BCUT2D eigenvalue weighted by atomic mass is 127. The molecule has 27 heavy (non-hydrogen) atoms. The third kappa shape index (κ3) is 8.32. The van der Waals surface area contributed by atoms with Crippen molar-refractivity contribution in [2.75, 3.05) is 44.6 Å². The summed E-state index contributed by atoms with van der Waals surface area (Å²) in [6.45, 7) is 11.4. The molecule has 2 N–H and O–H groups in total. The van der Waals surface area contributed by atoms with Gasteiger partial charge in [0.15, 0.2) is 0 Å². The number of hydrogen-bond acceptors (Lipinski definition) is 4. The highest BCUT2D eigenvalue weighted by Crippen LogP contribution is 2.23. The summed E-state index contributed by atoms with van der Waals surface area (Å²) in [5.41, 5.74) is 2.27. The quantitative estimate of drug-likeness (QED) is 0.289. The number of benzene rings is 1. The molecule has 0 unspecified atom stereocenters. The van der Waals surface area contributed by atoms with Crippen molar-refractivity contribution >= 4 is 39.2 Å². The van der Waals surface area contributed by atoms with Crippen molar-refractivity contribution in [2.24, 2.45) is 0 Å². The predicted molar refractivity (Wildman–Crippen MR) is 127 cm³/mol. The first-order valence-corrected chi connectivity index (χ1v) is 11.5. The number of hydrogen-bond donors (Lipinski definition) is 2. The molecule has 5 heteroatoms. The van der Waals surface area contributed by atoms with Crippen LogP contribution in [-0.4, -0.2) is 49.2 Å². The molecular formula is C22H35IN4. The Kier molecular flexibility index (Phi) is 11.0. The van der Waals surface area contributed by atoms with Gasteiger partial charge in [-0.05, 0) is 98.8 Å². The molecule has 2 rings (SSSR count). The van der Waals surface area contributed by atoms with Gasteiger partial charge in [0.05, 0.1) is 5.52 Å². The molecule has 4 nitrogen and oxygen atoms in total. The Morgan fingerprint density at radius 1 is 0.926 bits per heavy atom. The minimum Gasteiger partial charge on any atom is -0.384 e. The molecule has 0 amide bonds. The van der Waals surface area contributed by atoms with Crippen LogP contribution < -0.4 is 10.6 Å². The van der Waals surface area contributed by atoms with E-state index in [1.165, 1.54) is 66.4 Å². The van der Waals surface area contributed by atoms with Crippen LogP contribution in [0.5, 0.6) is 0 Å².